The van der Waals surface area contributed by atoms with E-state index in [1.165, 1.54) is 57.9 Å². The molecule has 718 valence electrons. The third-order valence-corrected chi connectivity index (χ3v) is 36.9. The highest BCUT2D eigenvalue weighted by atomic mass is 16.7. The third kappa shape index (κ3) is 13.4. The number of fused-ring (bicyclic) bond motifs is 31. The number of hydrogen-bond donors (Lipinski definition) is 1. The second-order valence-electron chi connectivity index (χ2n) is 46.2. The van der Waals surface area contributed by atoms with Crippen LogP contribution in [-0.4, -0.2) is 146 Å². The summed E-state index contributed by atoms with van der Waals surface area (Å²) in [5.74, 6) is 3.17. The fourth-order valence-electron chi connectivity index (χ4n) is 30.8. The molecule has 26 rings (SSSR count). The SMILES string of the molecule is CC1(C)C(=O)/C(=C\O)C[C@]2(C)c3c(cnc4ccnn34)CC[C@@H]12.CC1(C)C(=O)CC[C@]2(C)c3c(cnc4ccnn34)CC[C@@H]12.CC1(C)[C@@H]2CCc3cnc4ccnn4c3[C@@]2(C)CCC12OCCO2.CC1(C)c2oncc2C[C@]2(C)c3c(cnc4ccnn34)CC[C@@H]12.[3H]C.[C-]#[N+]C1=C[C@]2(C)c3c(cnc4ccnn34)CC[C@H]2C(C)(C)C1=O.[C-]#[N+]C1C[C@]2(C)c3c(cnc4ccnn34)CC[C@H]2C(C)(C)C1=O. The minimum absolute atomic E-state index is 0.0121. The van der Waals surface area contributed by atoms with Crippen molar-refractivity contribution in [3.05, 3.63) is 242 Å². The van der Waals surface area contributed by atoms with Crippen LogP contribution in [0.2, 0.25) is 0 Å². The first-order valence-corrected chi connectivity index (χ1v) is 49.2. The summed E-state index contributed by atoms with van der Waals surface area (Å²) in [5, 5.41) is 40.8. The summed E-state index contributed by atoms with van der Waals surface area (Å²) < 4.78 is 35.6. The molecule has 13 aromatic rings. The topological polar surface area (TPSA) is 323 Å². The number of carbonyl (C=O) groups excluding carboxylic acids is 4. The Balaban J connectivity index is 0.000000102. The van der Waals surface area contributed by atoms with E-state index in [9.17, 15) is 24.3 Å². The lowest BCUT2D eigenvalue weighted by Crippen LogP contribution is -2.61. The standard InChI is InChI=1S/C19H25N3O2.2C18H20N4O.C18H18N4O.C18H21N3O2.C17H21N3O.CH4/c1-17(2)14-5-4-13-12-20-15-6-9-21-22(15)16(13)18(14,3)7-8-19(17)23-10-11-24-19;1-17(2)13-5-4-11-9-19-14-6-7-20-22(14)15(11)18(13,3)8-12-10-21-23-16(12)17;2*1-17(2)13-6-5-11-10-20-14-7-8-21-22(14)15(11)18(13,3)9-12(19-4)16(17)23;1-17(2)13-5-4-11-9-19-14-6-7-20-21(14)15(11)18(13,3)8-12(10-22)16(17)23;1-16(2)12-5-4-11-10-18-14-7-9-19-20(14)15(11)17(12,3)8-6-13(16)21;/h6,9,12,14H,4-5,7-8,10-11H2,1-3H3;6-7,9-10,13H,4-5,8H2,1-3H3;7-8,10,12-13H,5-6,9H2,1-3H3;7-10,13H,5-6H2,1-3H3;6-7,9-10,13,22H,4-5,8H2,1-3H3;7,9-10,12H,4-6,8H2,1-3H3;1H4/b;;;;12-10-;;/t14-,18-;13-,18-;12?,13-,18-;2*13-,18-;12-,17-;/m000000./s1/i;;;;;;1T. The van der Waals surface area contributed by atoms with E-state index in [2.05, 4.69) is 174 Å². The summed E-state index contributed by atoms with van der Waals surface area (Å²) in [4.78, 5) is 84.8. The van der Waals surface area contributed by atoms with Crippen molar-refractivity contribution >= 4 is 57.0 Å². The largest absolute Gasteiger partial charge is 0.515 e. The number of hydrogen-bond acceptors (Lipinski definition) is 21. The average molecular weight is 1860 g/mol. The maximum atomic E-state index is 12.8. The molecule has 1 aliphatic heterocycles. The van der Waals surface area contributed by atoms with Crippen LogP contribution in [-0.2, 0) is 112 Å². The van der Waals surface area contributed by atoms with Gasteiger partial charge in [-0.2, -0.15) is 30.6 Å². The van der Waals surface area contributed by atoms with Crippen LogP contribution in [0.25, 0.3) is 43.6 Å². The molecule has 1 unspecified atom stereocenters. The molecule has 1 saturated heterocycles. The summed E-state index contributed by atoms with van der Waals surface area (Å²) in [6.07, 6.45) is 45.2. The Bertz CT molecular complexity index is 7310. The molecule has 13 aromatic heterocycles. The Morgan fingerprint density at radius 2 is 0.768 bits per heavy atom. The van der Waals surface area contributed by atoms with E-state index in [-0.39, 0.29) is 84.1 Å². The molecule has 12 aliphatic carbocycles. The van der Waals surface area contributed by atoms with Crippen LogP contribution in [0.3, 0.4) is 0 Å². The lowest BCUT2D eigenvalue weighted by Gasteiger charge is -2.59. The van der Waals surface area contributed by atoms with Crippen molar-refractivity contribution < 1.29 is 39.7 Å². The Hall–Kier alpha value is -12.2. The van der Waals surface area contributed by atoms with Gasteiger partial charge in [0.25, 0.3) is 6.04 Å². The number of Topliss-reactive ketones (excluding diaryl/α,β-unsaturated/α-hetero) is 4. The number of ketones is 4. The molecular weight excluding hydrogens is 1730 g/mol. The molecule has 5 fully saturated rings. The Labute approximate surface area is 806 Å². The summed E-state index contributed by atoms with van der Waals surface area (Å²) >= 11 is 0. The molecule has 138 heavy (non-hydrogen) atoms. The highest BCUT2D eigenvalue weighted by Crippen LogP contribution is 2.65. The van der Waals surface area contributed by atoms with Gasteiger partial charge in [0, 0.05) is 170 Å². The predicted molar refractivity (Wildman–Crippen MR) is 520 cm³/mol. The summed E-state index contributed by atoms with van der Waals surface area (Å²) in [7, 11) is 1.25. The van der Waals surface area contributed by atoms with E-state index in [0.717, 1.165) is 184 Å². The Morgan fingerprint density at radius 3 is 1.20 bits per heavy atom. The molecule has 13 atom stereocenters. The lowest BCUT2D eigenvalue weighted by atomic mass is 9.49. The smallest absolute Gasteiger partial charge is 0.282 e. The maximum absolute atomic E-state index is 12.8. The van der Waals surface area contributed by atoms with Gasteiger partial charge in [-0.3, -0.25) is 14.4 Å². The van der Waals surface area contributed by atoms with Gasteiger partial charge in [0.15, 0.2) is 51.2 Å². The van der Waals surface area contributed by atoms with Crippen LogP contribution in [0.15, 0.2) is 145 Å². The van der Waals surface area contributed by atoms with Crippen molar-refractivity contribution in [2.75, 3.05) is 13.2 Å². The summed E-state index contributed by atoms with van der Waals surface area (Å²) in [6, 6.07) is 11.0. The number of aliphatic hydroxyl groups is 1. The van der Waals surface area contributed by atoms with Crippen molar-refractivity contribution in [2.45, 2.75) is 304 Å². The van der Waals surface area contributed by atoms with Gasteiger partial charge in [-0.05, 0) is 172 Å². The zero-order valence-corrected chi connectivity index (χ0v) is 83.2. The molecule has 1 N–H and O–H groups in total. The molecule has 13 aliphatic rings. The monoisotopic (exact) mass is 1860 g/mol. The summed E-state index contributed by atoms with van der Waals surface area (Å²) in [5.41, 5.74) is 19.5. The number of aliphatic hydroxyl groups excluding tert-OH is 1. The van der Waals surface area contributed by atoms with E-state index in [4.69, 9.17) is 28.5 Å². The zero-order chi connectivity index (χ0) is 98.4. The molecule has 29 heteroatoms. The van der Waals surface area contributed by atoms with Crippen LogP contribution in [0.4, 0.5) is 0 Å². The molecule has 29 nitrogen and oxygen atoms in total. The normalized spacial score (nSPS) is 30.6. The second kappa shape index (κ2) is 32.4. The highest BCUT2D eigenvalue weighted by molar-refractivity contribution is 6.03. The lowest BCUT2D eigenvalue weighted by molar-refractivity contribution is -0.276. The number of rotatable bonds is 0. The fourth-order valence-corrected chi connectivity index (χ4v) is 30.8. The highest BCUT2D eigenvalue weighted by Gasteiger charge is 2.66. The summed E-state index contributed by atoms with van der Waals surface area (Å²) in [6.45, 7) is 55.5. The van der Waals surface area contributed by atoms with Crippen LogP contribution < -0.4 is 0 Å². The number of ether oxygens (including phenoxy) is 2. The van der Waals surface area contributed by atoms with Crippen molar-refractivity contribution in [1.29, 1.82) is 0 Å². The van der Waals surface area contributed by atoms with Gasteiger partial charge in [0.05, 0.1) is 104 Å². The van der Waals surface area contributed by atoms with Gasteiger partial charge in [0.1, 0.15) is 11.5 Å². The van der Waals surface area contributed by atoms with E-state index < -0.39 is 33.5 Å². The van der Waals surface area contributed by atoms with E-state index in [1.807, 2.05) is 158 Å². The minimum atomic E-state index is -0.559. The third-order valence-electron chi connectivity index (χ3n) is 36.9. The number of carbonyl (C=O) groups is 4. The van der Waals surface area contributed by atoms with Gasteiger partial charge in [-0.1, -0.05) is 143 Å². The fraction of sp³-hybridized carbons (Fsp3) is 0.550. The first-order valence-electron chi connectivity index (χ1n) is 50.2. The van der Waals surface area contributed by atoms with Crippen molar-refractivity contribution in [3.8, 4) is 0 Å². The van der Waals surface area contributed by atoms with Gasteiger partial charge in [0.2, 0.25) is 11.5 Å². The maximum Gasteiger partial charge on any atom is 0.282 e. The molecule has 14 heterocycles. The van der Waals surface area contributed by atoms with Crippen molar-refractivity contribution in [1.82, 2.24) is 92.7 Å². The van der Waals surface area contributed by atoms with Gasteiger partial charge in [-0.15, -0.1) is 0 Å². The van der Waals surface area contributed by atoms with Gasteiger partial charge < -0.3 is 28.7 Å². The number of allylic oxidation sites excluding steroid dienone is 3. The zero-order valence-electron chi connectivity index (χ0n) is 84.2. The Morgan fingerprint density at radius 1 is 0.406 bits per heavy atom. The number of nitrogens with zero attached hydrogens (tertiary/aromatic N) is 21. The first kappa shape index (κ1) is 92.2. The molecule has 0 radical (unpaired) electrons. The molecule has 0 aromatic carbocycles. The number of aryl methyl sites for hydroxylation is 6. The molecule has 0 bridgehead atoms. The van der Waals surface area contributed by atoms with Gasteiger partial charge >= 0.3 is 0 Å². The predicted octanol–water partition coefficient (Wildman–Crippen LogP) is 18.5. The van der Waals surface area contributed by atoms with Gasteiger partial charge in [-0.25, -0.2) is 68.4 Å². The van der Waals surface area contributed by atoms with Crippen LogP contribution >= 0.6 is 0 Å². The van der Waals surface area contributed by atoms with Crippen LogP contribution in [0.5, 0.6) is 0 Å². The minimum Gasteiger partial charge on any atom is -0.515 e. The van der Waals surface area contributed by atoms with Crippen LogP contribution in [0, 0.1) is 75.7 Å². The molecule has 1 spiro atoms. The van der Waals surface area contributed by atoms with E-state index in [1.54, 1.807) is 18.6 Å². The Kier molecular flexibility index (Phi) is 21.7. The van der Waals surface area contributed by atoms with Crippen molar-refractivity contribution in [2.24, 2.45) is 62.6 Å². The molecule has 0 amide bonds. The first-order chi connectivity index (χ1) is 66.1. The average Bonchev–Trinajstić information content (AvgIpc) is 1.68. The van der Waals surface area contributed by atoms with Crippen molar-refractivity contribution in [3.63, 3.8) is 0 Å². The van der Waals surface area contributed by atoms with E-state index >= 15 is 0 Å². The molecule has 4 saturated carbocycles. The van der Waals surface area contributed by atoms with Crippen LogP contribution in [0.1, 0.15) is 289 Å². The quantitative estimate of drug-likeness (QED) is 0.0837. The molecular formula is C109H129N21O8. The number of aromatic nitrogens is 19. The second-order valence-corrected chi connectivity index (χ2v) is 46.2. The van der Waals surface area contributed by atoms with E-state index in [0.29, 0.717) is 48.4 Å².